The number of methoxy groups -OCH3 is 2. The molecule has 2 rings (SSSR count). The molecule has 0 spiro atoms. The maximum absolute atomic E-state index is 12.3. The van der Waals surface area contributed by atoms with Gasteiger partial charge in [0.05, 0.1) is 25.4 Å². The van der Waals surface area contributed by atoms with Crippen LogP contribution in [0.3, 0.4) is 0 Å². The molecule has 0 saturated heterocycles. The second kappa shape index (κ2) is 10.5. The second-order valence-electron chi connectivity index (χ2n) is 5.44. The van der Waals surface area contributed by atoms with Crippen molar-refractivity contribution < 1.29 is 28.6 Å². The molecule has 0 radical (unpaired) electrons. The van der Waals surface area contributed by atoms with E-state index in [1.807, 2.05) is 28.7 Å². The Labute approximate surface area is 176 Å². The molecule has 146 valence electrons. The Morgan fingerprint density at radius 2 is 1.75 bits per heavy atom. The summed E-state index contributed by atoms with van der Waals surface area (Å²) < 4.78 is 15.3. The monoisotopic (exact) mass is 495 g/mol. The Morgan fingerprint density at radius 3 is 2.36 bits per heavy atom. The summed E-state index contributed by atoms with van der Waals surface area (Å²) in [4.78, 5) is 37.1. The van der Waals surface area contributed by atoms with Crippen LogP contribution in [0.2, 0.25) is 0 Å². The number of esters is 3. The third-order valence-corrected chi connectivity index (χ3v) is 4.62. The summed E-state index contributed by atoms with van der Waals surface area (Å²) in [6, 6.07) is 6.96. The van der Waals surface area contributed by atoms with E-state index in [0.717, 1.165) is 9.83 Å². The Balaban J connectivity index is 2.13. The highest BCUT2D eigenvalue weighted by molar-refractivity contribution is 14.1. The van der Waals surface area contributed by atoms with Crippen molar-refractivity contribution in [3.63, 3.8) is 0 Å². The van der Waals surface area contributed by atoms with Crippen LogP contribution in [-0.2, 0) is 23.8 Å². The van der Waals surface area contributed by atoms with Gasteiger partial charge in [-0.3, -0.25) is 0 Å². The van der Waals surface area contributed by atoms with Crippen molar-refractivity contribution in [2.75, 3.05) is 14.2 Å². The highest BCUT2D eigenvalue weighted by Crippen LogP contribution is 2.22. The molecule has 0 bridgehead atoms. The molecule has 1 aliphatic rings. The van der Waals surface area contributed by atoms with Crippen molar-refractivity contribution in [2.24, 2.45) is 5.92 Å². The van der Waals surface area contributed by atoms with Gasteiger partial charge in [-0.2, -0.15) is 0 Å². The Morgan fingerprint density at radius 1 is 1.07 bits per heavy atom. The first-order valence-corrected chi connectivity index (χ1v) is 9.18. The molecule has 7 nitrogen and oxygen atoms in total. The van der Waals surface area contributed by atoms with Crippen LogP contribution in [0.5, 0.6) is 0 Å². The van der Waals surface area contributed by atoms with Crippen molar-refractivity contribution >= 4 is 40.5 Å². The van der Waals surface area contributed by atoms with Crippen molar-refractivity contribution in [1.29, 1.82) is 0 Å². The number of halogens is 1. The molecule has 1 heterocycles. The fraction of sp³-hybridized carbons (Fsp3) is 0.150. The van der Waals surface area contributed by atoms with Crippen LogP contribution < -0.4 is 0 Å². The van der Waals surface area contributed by atoms with Crippen molar-refractivity contribution in [3.8, 4) is 0 Å². The summed E-state index contributed by atoms with van der Waals surface area (Å²) in [6.07, 6.45) is 10.6. The molecule has 0 unspecified atom stereocenters. The van der Waals surface area contributed by atoms with E-state index in [1.165, 1.54) is 26.5 Å². The average molecular weight is 495 g/mol. The van der Waals surface area contributed by atoms with Gasteiger partial charge in [-0.15, -0.1) is 0 Å². The smallest absolute Gasteiger partial charge is 0.344 e. The number of rotatable bonds is 6. The molecule has 0 N–H and O–H groups in total. The molecule has 1 aromatic rings. The fourth-order valence-electron chi connectivity index (χ4n) is 2.21. The highest BCUT2D eigenvalue weighted by Gasteiger charge is 2.21. The van der Waals surface area contributed by atoms with E-state index in [4.69, 9.17) is 9.47 Å². The van der Waals surface area contributed by atoms with Crippen molar-refractivity contribution in [1.82, 2.24) is 4.90 Å². The zero-order valence-electron chi connectivity index (χ0n) is 15.2. The van der Waals surface area contributed by atoms with Gasteiger partial charge < -0.3 is 19.1 Å². The first-order valence-electron chi connectivity index (χ1n) is 8.10. The van der Waals surface area contributed by atoms with E-state index in [2.05, 4.69) is 4.74 Å². The van der Waals surface area contributed by atoms with E-state index in [1.54, 1.807) is 47.7 Å². The minimum atomic E-state index is -0.617. The minimum Gasteiger partial charge on any atom is -0.466 e. The van der Waals surface area contributed by atoms with Gasteiger partial charge in [0.1, 0.15) is 6.26 Å². The molecule has 0 atom stereocenters. The summed E-state index contributed by atoms with van der Waals surface area (Å²) in [7, 11) is 2.54. The van der Waals surface area contributed by atoms with Crippen LogP contribution in [0.1, 0.15) is 10.4 Å². The molecule has 0 aromatic heterocycles. The lowest BCUT2D eigenvalue weighted by atomic mass is 9.98. The number of benzene rings is 1. The van der Waals surface area contributed by atoms with E-state index >= 15 is 0 Å². The highest BCUT2D eigenvalue weighted by atomic mass is 127. The predicted octanol–water partition coefficient (Wildman–Crippen LogP) is 3.15. The lowest BCUT2D eigenvalue weighted by Gasteiger charge is -2.19. The summed E-state index contributed by atoms with van der Waals surface area (Å²) >= 11 is 2.03. The van der Waals surface area contributed by atoms with Crippen LogP contribution in [0.25, 0.3) is 0 Å². The molecular formula is C20H18INO6. The maximum Gasteiger partial charge on any atom is 0.344 e. The van der Waals surface area contributed by atoms with Gasteiger partial charge in [-0.1, -0.05) is 24.3 Å². The molecule has 28 heavy (non-hydrogen) atoms. The van der Waals surface area contributed by atoms with Gasteiger partial charge in [0, 0.05) is 34.2 Å². The summed E-state index contributed by atoms with van der Waals surface area (Å²) in [5, 5.41) is 0. The largest absolute Gasteiger partial charge is 0.466 e. The van der Waals surface area contributed by atoms with Gasteiger partial charge in [-0.05, 0) is 34.7 Å². The number of carbonyl (C=O) groups is 3. The second-order valence-corrected chi connectivity index (χ2v) is 6.61. The third kappa shape index (κ3) is 5.81. The van der Waals surface area contributed by atoms with Gasteiger partial charge >= 0.3 is 17.9 Å². The number of nitrogens with zero attached hydrogens (tertiary/aromatic N) is 1. The molecule has 8 heteroatoms. The van der Waals surface area contributed by atoms with Crippen LogP contribution in [0.4, 0.5) is 0 Å². The van der Waals surface area contributed by atoms with Gasteiger partial charge in [-0.25, -0.2) is 14.4 Å². The Kier molecular flexibility index (Phi) is 8.00. The van der Waals surface area contributed by atoms with Crippen LogP contribution in [-0.4, -0.2) is 37.0 Å². The lowest BCUT2D eigenvalue weighted by molar-refractivity contribution is -0.136. The summed E-state index contributed by atoms with van der Waals surface area (Å²) in [5.41, 5.74) is 0.559. The van der Waals surface area contributed by atoms with E-state index in [9.17, 15) is 14.4 Å². The minimum absolute atomic E-state index is 0.158. The lowest BCUT2D eigenvalue weighted by Crippen LogP contribution is -2.17. The molecule has 1 aliphatic heterocycles. The van der Waals surface area contributed by atoms with Crippen molar-refractivity contribution in [2.45, 2.75) is 0 Å². The zero-order chi connectivity index (χ0) is 20.5. The molecule has 0 fully saturated rings. The number of carbonyl (C=O) groups excluding carboxylic acids is 3. The molecular weight excluding hydrogens is 477 g/mol. The first-order chi connectivity index (χ1) is 13.5. The normalized spacial score (nSPS) is 14.2. The topological polar surface area (TPSA) is 82.1 Å². The Hall–Kier alpha value is -2.88. The average Bonchev–Trinajstić information content (AvgIpc) is 2.72. The molecule has 0 amide bonds. The third-order valence-electron chi connectivity index (χ3n) is 3.68. The van der Waals surface area contributed by atoms with Gasteiger partial charge in [0.25, 0.3) is 0 Å². The van der Waals surface area contributed by atoms with Crippen LogP contribution >= 0.6 is 22.6 Å². The number of hydrogen-bond acceptors (Lipinski definition) is 7. The van der Waals surface area contributed by atoms with E-state index in [0.29, 0.717) is 5.56 Å². The number of ether oxygens (including phenoxy) is 3. The predicted molar refractivity (Wildman–Crippen MR) is 109 cm³/mol. The zero-order valence-corrected chi connectivity index (χ0v) is 17.4. The standard InChI is InChI=1S/C20H18INO6/c1-26-18(23)9-12-22-10-7-14(8-11-22)16(19(24)27-2)13-28-20(25)15-5-3-4-6-17(15)21/h3-14H,1-2H3/b12-9+,16-13+. The quantitative estimate of drug-likeness (QED) is 0.197. The van der Waals surface area contributed by atoms with Crippen LogP contribution in [0.15, 0.2) is 72.9 Å². The maximum atomic E-state index is 12.3. The van der Waals surface area contributed by atoms with Crippen molar-refractivity contribution in [3.05, 3.63) is 82.1 Å². The SMILES string of the molecule is COC(=O)/C=C/N1C=CC(/C(=C\OC(=O)c2ccccc2I)C(=O)OC)C=C1. The first kappa shape index (κ1) is 21.4. The number of allylic oxidation sites excluding steroid dienone is 2. The Bertz CT molecular complexity index is 857. The molecule has 0 saturated carbocycles. The van der Waals surface area contributed by atoms with Gasteiger partial charge in [0.15, 0.2) is 0 Å². The molecule has 0 aliphatic carbocycles. The summed E-state index contributed by atoms with van der Waals surface area (Å²) in [5.74, 6) is -2.13. The van der Waals surface area contributed by atoms with Crippen LogP contribution in [0, 0.1) is 9.49 Å². The number of hydrogen-bond donors (Lipinski definition) is 0. The fourth-order valence-corrected chi connectivity index (χ4v) is 2.82. The summed E-state index contributed by atoms with van der Waals surface area (Å²) in [6.45, 7) is 0. The van der Waals surface area contributed by atoms with E-state index in [-0.39, 0.29) is 5.57 Å². The molecule has 1 aromatic carbocycles. The van der Waals surface area contributed by atoms with E-state index < -0.39 is 23.8 Å². The van der Waals surface area contributed by atoms with Gasteiger partial charge in [0.2, 0.25) is 0 Å².